The van der Waals surface area contributed by atoms with E-state index in [0.29, 0.717) is 24.6 Å². The van der Waals surface area contributed by atoms with Crippen molar-refractivity contribution >= 4 is 21.4 Å². The Morgan fingerprint density at radius 1 is 1.16 bits per heavy atom. The molecule has 1 heterocycles. The number of anilines is 2. The van der Waals surface area contributed by atoms with Gasteiger partial charge in [0.1, 0.15) is 12.4 Å². The van der Waals surface area contributed by atoms with Crippen molar-refractivity contribution in [3.8, 4) is 5.75 Å². The van der Waals surface area contributed by atoms with Crippen molar-refractivity contribution in [1.29, 1.82) is 0 Å². The Bertz CT molecular complexity index is 822. The van der Waals surface area contributed by atoms with Crippen LogP contribution in [0.25, 0.3) is 0 Å². The summed E-state index contributed by atoms with van der Waals surface area (Å²) in [5, 5.41) is 0. The second-order valence-corrected chi connectivity index (χ2v) is 8.03. The number of fused-ring (bicyclic) bond motifs is 1. The first kappa shape index (κ1) is 17.6. The fourth-order valence-electron chi connectivity index (χ4n) is 2.91. The molecule has 2 aromatic carbocycles. The number of sulfonamides is 1. The van der Waals surface area contributed by atoms with Gasteiger partial charge in [-0.05, 0) is 30.7 Å². The molecule has 25 heavy (non-hydrogen) atoms. The lowest BCUT2D eigenvalue weighted by Gasteiger charge is -2.29. The van der Waals surface area contributed by atoms with E-state index in [4.69, 9.17) is 4.74 Å². The first-order valence-electron chi connectivity index (χ1n) is 8.60. The van der Waals surface area contributed by atoms with Gasteiger partial charge in [-0.2, -0.15) is 0 Å². The number of ether oxygens (including phenoxy) is 1. The number of rotatable bonds is 6. The van der Waals surface area contributed by atoms with Gasteiger partial charge < -0.3 is 9.64 Å². The highest BCUT2D eigenvalue weighted by Crippen LogP contribution is 2.34. The summed E-state index contributed by atoms with van der Waals surface area (Å²) in [5.74, 6) is 0.623. The van der Waals surface area contributed by atoms with E-state index in [0.717, 1.165) is 25.1 Å². The zero-order valence-electron chi connectivity index (χ0n) is 14.7. The topological polar surface area (TPSA) is 49.9 Å². The highest BCUT2D eigenvalue weighted by Gasteiger charge is 2.26. The average Bonchev–Trinajstić information content (AvgIpc) is 2.63. The monoisotopic (exact) mass is 360 g/mol. The van der Waals surface area contributed by atoms with Crippen molar-refractivity contribution in [1.82, 2.24) is 0 Å². The first-order valence-corrected chi connectivity index (χ1v) is 10.0. The van der Waals surface area contributed by atoms with E-state index in [-0.39, 0.29) is 4.90 Å². The van der Waals surface area contributed by atoms with Crippen molar-refractivity contribution in [2.45, 2.75) is 24.7 Å². The average molecular weight is 360 g/mol. The summed E-state index contributed by atoms with van der Waals surface area (Å²) in [4.78, 5) is 2.34. The standard InChI is InChI=1S/C19H24N2O3S/c1-3-4-12-21(16-8-6-5-7-9-16)25(22,23)17-10-11-18-19(15-17)24-14-13-20(18)2/h5-11,15H,3-4,12-14H2,1-2H3. The van der Waals surface area contributed by atoms with E-state index < -0.39 is 10.0 Å². The zero-order chi connectivity index (χ0) is 17.9. The van der Waals surface area contributed by atoms with Crippen LogP contribution in [0.3, 0.4) is 0 Å². The van der Waals surface area contributed by atoms with Gasteiger partial charge >= 0.3 is 0 Å². The summed E-state index contributed by atoms with van der Waals surface area (Å²) in [6.07, 6.45) is 1.73. The molecule has 0 unspecified atom stereocenters. The summed E-state index contributed by atoms with van der Waals surface area (Å²) < 4.78 is 33.7. The van der Waals surface area contributed by atoms with E-state index in [2.05, 4.69) is 11.8 Å². The van der Waals surface area contributed by atoms with Gasteiger partial charge in [-0.3, -0.25) is 4.31 Å². The number of nitrogens with zero attached hydrogens (tertiary/aromatic N) is 2. The number of hydrogen-bond donors (Lipinski definition) is 0. The van der Waals surface area contributed by atoms with Crippen molar-refractivity contribution in [3.05, 3.63) is 48.5 Å². The van der Waals surface area contributed by atoms with Gasteiger partial charge in [0.25, 0.3) is 10.0 Å². The van der Waals surface area contributed by atoms with Gasteiger partial charge in [-0.1, -0.05) is 31.5 Å². The fraction of sp³-hybridized carbons (Fsp3) is 0.368. The van der Waals surface area contributed by atoms with Crippen LogP contribution < -0.4 is 13.9 Å². The Balaban J connectivity index is 2.00. The molecule has 0 atom stereocenters. The third-order valence-corrected chi connectivity index (χ3v) is 6.20. The smallest absolute Gasteiger partial charge is 0.264 e. The molecule has 2 aromatic rings. The molecular weight excluding hydrogens is 336 g/mol. The van der Waals surface area contributed by atoms with Crippen molar-refractivity contribution in [2.75, 3.05) is 35.9 Å². The molecule has 0 saturated carbocycles. The van der Waals surface area contributed by atoms with E-state index in [1.165, 1.54) is 4.31 Å². The number of hydrogen-bond acceptors (Lipinski definition) is 4. The van der Waals surface area contributed by atoms with E-state index >= 15 is 0 Å². The predicted octanol–water partition coefficient (Wildman–Crippen LogP) is 3.51. The van der Waals surface area contributed by atoms with E-state index in [9.17, 15) is 8.42 Å². The Labute approximate surface area is 149 Å². The van der Waals surface area contributed by atoms with Crippen LogP contribution in [-0.2, 0) is 10.0 Å². The molecule has 1 aliphatic heterocycles. The molecule has 0 aromatic heterocycles. The van der Waals surface area contributed by atoms with Crippen molar-refractivity contribution in [2.24, 2.45) is 0 Å². The van der Waals surface area contributed by atoms with Crippen LogP contribution in [0.5, 0.6) is 5.75 Å². The second kappa shape index (κ2) is 7.35. The molecule has 0 aliphatic carbocycles. The van der Waals surface area contributed by atoms with Gasteiger partial charge in [0, 0.05) is 19.7 Å². The molecule has 5 nitrogen and oxygen atoms in total. The lowest BCUT2D eigenvalue weighted by atomic mass is 10.2. The minimum Gasteiger partial charge on any atom is -0.490 e. The largest absolute Gasteiger partial charge is 0.490 e. The predicted molar refractivity (Wildman–Crippen MR) is 101 cm³/mol. The van der Waals surface area contributed by atoms with E-state index in [1.54, 1.807) is 12.1 Å². The second-order valence-electron chi connectivity index (χ2n) is 6.17. The molecule has 0 N–H and O–H groups in total. The molecule has 134 valence electrons. The molecular formula is C19H24N2O3S. The minimum atomic E-state index is -3.64. The van der Waals surface area contributed by atoms with Crippen LogP contribution in [0.1, 0.15) is 19.8 Å². The highest BCUT2D eigenvalue weighted by atomic mass is 32.2. The van der Waals surface area contributed by atoms with Crippen LogP contribution in [0.15, 0.2) is 53.4 Å². The minimum absolute atomic E-state index is 0.265. The number of benzene rings is 2. The lowest BCUT2D eigenvalue weighted by molar-refractivity contribution is 0.310. The lowest BCUT2D eigenvalue weighted by Crippen LogP contribution is -2.32. The van der Waals surface area contributed by atoms with Gasteiger partial charge in [-0.25, -0.2) is 8.42 Å². The molecule has 0 radical (unpaired) electrons. The molecule has 1 aliphatic rings. The molecule has 0 spiro atoms. The summed E-state index contributed by atoms with van der Waals surface area (Å²) in [5.41, 5.74) is 1.61. The third kappa shape index (κ3) is 3.58. The number of likely N-dealkylation sites (N-methyl/N-ethyl adjacent to an activating group) is 1. The Morgan fingerprint density at radius 3 is 2.64 bits per heavy atom. The van der Waals surface area contributed by atoms with Crippen LogP contribution in [0.2, 0.25) is 0 Å². The Kier molecular flexibility index (Phi) is 5.18. The molecule has 0 saturated heterocycles. The summed E-state index contributed by atoms with van der Waals surface area (Å²) in [6, 6.07) is 14.4. The van der Waals surface area contributed by atoms with E-state index in [1.807, 2.05) is 43.4 Å². The molecule has 0 bridgehead atoms. The van der Waals surface area contributed by atoms with Crippen LogP contribution in [0, 0.1) is 0 Å². The highest BCUT2D eigenvalue weighted by molar-refractivity contribution is 7.92. The van der Waals surface area contributed by atoms with Crippen LogP contribution in [-0.4, -0.2) is 35.2 Å². The van der Waals surface area contributed by atoms with Crippen LogP contribution in [0.4, 0.5) is 11.4 Å². The normalized spacial score (nSPS) is 13.9. The number of para-hydroxylation sites is 1. The fourth-order valence-corrected chi connectivity index (χ4v) is 4.43. The third-order valence-electron chi connectivity index (χ3n) is 4.37. The van der Waals surface area contributed by atoms with Gasteiger partial charge in [0.05, 0.1) is 22.8 Å². The number of unbranched alkanes of at least 4 members (excludes halogenated alkanes) is 1. The summed E-state index contributed by atoms with van der Waals surface area (Å²) >= 11 is 0. The Hall–Kier alpha value is -2.21. The maximum atomic E-state index is 13.3. The Morgan fingerprint density at radius 2 is 1.92 bits per heavy atom. The molecule has 0 amide bonds. The quantitative estimate of drug-likeness (QED) is 0.791. The zero-order valence-corrected chi connectivity index (χ0v) is 15.5. The summed E-state index contributed by atoms with van der Waals surface area (Å²) in [7, 11) is -1.66. The molecule has 0 fully saturated rings. The SMILES string of the molecule is CCCCN(c1ccccc1)S(=O)(=O)c1ccc2c(c1)OCCN2C. The van der Waals surface area contributed by atoms with Crippen LogP contribution >= 0.6 is 0 Å². The van der Waals surface area contributed by atoms with Crippen molar-refractivity contribution in [3.63, 3.8) is 0 Å². The molecule has 6 heteroatoms. The van der Waals surface area contributed by atoms with Crippen molar-refractivity contribution < 1.29 is 13.2 Å². The maximum absolute atomic E-state index is 13.3. The summed E-state index contributed by atoms with van der Waals surface area (Å²) in [6.45, 7) is 3.87. The van der Waals surface area contributed by atoms with Gasteiger partial charge in [0.15, 0.2) is 0 Å². The van der Waals surface area contributed by atoms with Gasteiger partial charge in [-0.15, -0.1) is 0 Å². The van der Waals surface area contributed by atoms with Gasteiger partial charge in [0.2, 0.25) is 0 Å². The maximum Gasteiger partial charge on any atom is 0.264 e. The molecule has 3 rings (SSSR count). The first-order chi connectivity index (χ1) is 12.0.